The highest BCUT2D eigenvalue weighted by molar-refractivity contribution is 5.39. The van der Waals surface area contributed by atoms with Gasteiger partial charge in [-0.05, 0) is 48.4 Å². The largest absolute Gasteiger partial charge is 0.507 e. The zero-order valence-electron chi connectivity index (χ0n) is 12.3. The van der Waals surface area contributed by atoms with Crippen molar-refractivity contribution in [3.63, 3.8) is 0 Å². The van der Waals surface area contributed by atoms with Crippen molar-refractivity contribution in [2.75, 3.05) is 0 Å². The van der Waals surface area contributed by atoms with Gasteiger partial charge in [0.2, 0.25) is 0 Å². The molecule has 8 heteroatoms. The summed E-state index contributed by atoms with van der Waals surface area (Å²) in [7, 11) is 0. The van der Waals surface area contributed by atoms with Gasteiger partial charge in [0.25, 0.3) is 0 Å². The lowest BCUT2D eigenvalue weighted by Crippen LogP contribution is -2.08. The van der Waals surface area contributed by atoms with Gasteiger partial charge in [0.05, 0.1) is 11.1 Å². The van der Waals surface area contributed by atoms with E-state index in [0.717, 1.165) is 18.2 Å². The Hall–Kier alpha value is -2.38. The number of halogens is 6. The number of rotatable bonds is 3. The fraction of sp³-hybridized carbons (Fsp3) is 0.250. The van der Waals surface area contributed by atoms with Crippen LogP contribution in [0.5, 0.6) is 11.5 Å². The van der Waals surface area contributed by atoms with Gasteiger partial charge in [-0.3, -0.25) is 0 Å². The fourth-order valence-electron chi connectivity index (χ4n) is 2.06. The monoisotopic (exact) mass is 350 g/mol. The Labute approximate surface area is 133 Å². The Balaban J connectivity index is 2.21. The summed E-state index contributed by atoms with van der Waals surface area (Å²) in [5.74, 6) is -1.04. The van der Waals surface area contributed by atoms with E-state index in [1.807, 2.05) is 0 Å². The molecular weight excluding hydrogens is 338 g/mol. The van der Waals surface area contributed by atoms with Gasteiger partial charge in [0, 0.05) is 0 Å². The number of aromatic hydroxyl groups is 1. The van der Waals surface area contributed by atoms with Crippen molar-refractivity contribution in [2.24, 2.45) is 0 Å². The smallest absolute Gasteiger partial charge is 0.419 e. The van der Waals surface area contributed by atoms with Gasteiger partial charge >= 0.3 is 12.4 Å². The SMILES string of the molecule is Cc1cc(OCc2ccc(O)c(C(F)(F)F)c2)cc(C(F)(F)F)c1. The minimum Gasteiger partial charge on any atom is -0.507 e. The van der Waals surface area contributed by atoms with Crippen LogP contribution in [0.4, 0.5) is 26.3 Å². The lowest BCUT2D eigenvalue weighted by molar-refractivity contribution is -0.139. The summed E-state index contributed by atoms with van der Waals surface area (Å²) in [6, 6.07) is 5.81. The standard InChI is InChI=1S/C16H12F6O2/c1-9-4-11(15(17,18)19)7-12(5-9)24-8-10-2-3-14(23)13(6-10)16(20,21)22/h2-7,23H,8H2,1H3. The van der Waals surface area contributed by atoms with Gasteiger partial charge in [-0.15, -0.1) is 0 Å². The van der Waals surface area contributed by atoms with Crippen molar-refractivity contribution in [1.82, 2.24) is 0 Å². The third-order valence-electron chi connectivity index (χ3n) is 3.15. The number of aryl methyl sites for hydroxylation is 1. The molecule has 130 valence electrons. The Bertz CT molecular complexity index is 734. The zero-order chi connectivity index (χ0) is 18.1. The van der Waals surface area contributed by atoms with Gasteiger partial charge in [0.1, 0.15) is 18.1 Å². The Morgan fingerprint density at radius 1 is 0.917 bits per heavy atom. The van der Waals surface area contributed by atoms with E-state index < -0.39 is 29.2 Å². The molecule has 0 fully saturated rings. The van der Waals surface area contributed by atoms with Gasteiger partial charge in [-0.1, -0.05) is 6.07 Å². The summed E-state index contributed by atoms with van der Waals surface area (Å²) in [4.78, 5) is 0. The molecule has 0 atom stereocenters. The molecule has 2 aromatic rings. The predicted molar refractivity (Wildman–Crippen MR) is 73.6 cm³/mol. The average molecular weight is 350 g/mol. The highest BCUT2D eigenvalue weighted by Crippen LogP contribution is 2.36. The summed E-state index contributed by atoms with van der Waals surface area (Å²) in [6.07, 6.45) is -9.29. The molecule has 0 aliphatic carbocycles. The van der Waals surface area contributed by atoms with Crippen molar-refractivity contribution in [3.8, 4) is 11.5 Å². The van der Waals surface area contributed by atoms with E-state index in [-0.39, 0.29) is 17.9 Å². The third-order valence-corrected chi connectivity index (χ3v) is 3.15. The van der Waals surface area contributed by atoms with Crippen LogP contribution in [0.1, 0.15) is 22.3 Å². The second-order valence-corrected chi connectivity index (χ2v) is 5.17. The number of hydrogen-bond acceptors (Lipinski definition) is 2. The molecule has 24 heavy (non-hydrogen) atoms. The van der Waals surface area contributed by atoms with E-state index >= 15 is 0 Å². The molecule has 0 aliphatic heterocycles. The van der Waals surface area contributed by atoms with E-state index in [1.54, 1.807) is 0 Å². The summed E-state index contributed by atoms with van der Waals surface area (Å²) in [5.41, 5.74) is -1.76. The van der Waals surface area contributed by atoms with Crippen LogP contribution in [0.25, 0.3) is 0 Å². The normalized spacial score (nSPS) is 12.3. The number of phenolic OH excluding ortho intramolecular Hbond substituents is 1. The number of alkyl halides is 6. The second-order valence-electron chi connectivity index (χ2n) is 5.17. The molecule has 0 heterocycles. The van der Waals surface area contributed by atoms with Crippen LogP contribution in [-0.2, 0) is 19.0 Å². The van der Waals surface area contributed by atoms with E-state index in [1.165, 1.54) is 19.1 Å². The molecule has 0 aromatic heterocycles. The quantitative estimate of drug-likeness (QED) is 0.760. The summed E-state index contributed by atoms with van der Waals surface area (Å²) >= 11 is 0. The van der Waals surface area contributed by atoms with Crippen LogP contribution in [-0.4, -0.2) is 5.11 Å². The second kappa shape index (κ2) is 6.26. The highest BCUT2D eigenvalue weighted by Gasteiger charge is 2.34. The lowest BCUT2D eigenvalue weighted by Gasteiger charge is -2.13. The molecule has 0 unspecified atom stereocenters. The lowest BCUT2D eigenvalue weighted by atomic mass is 10.1. The van der Waals surface area contributed by atoms with Gasteiger partial charge in [0.15, 0.2) is 0 Å². The van der Waals surface area contributed by atoms with E-state index in [4.69, 9.17) is 4.74 Å². The zero-order valence-corrected chi connectivity index (χ0v) is 12.3. The van der Waals surface area contributed by atoms with E-state index in [0.29, 0.717) is 11.6 Å². The van der Waals surface area contributed by atoms with Crippen molar-refractivity contribution < 1.29 is 36.2 Å². The first-order chi connectivity index (χ1) is 11.0. The molecule has 0 saturated carbocycles. The first-order valence-corrected chi connectivity index (χ1v) is 6.67. The first-order valence-electron chi connectivity index (χ1n) is 6.67. The third kappa shape index (κ3) is 4.33. The van der Waals surface area contributed by atoms with Crippen LogP contribution in [0.15, 0.2) is 36.4 Å². The molecule has 0 spiro atoms. The first kappa shape index (κ1) is 18.0. The van der Waals surface area contributed by atoms with Crippen LogP contribution < -0.4 is 4.74 Å². The molecule has 2 nitrogen and oxygen atoms in total. The molecule has 0 bridgehead atoms. The van der Waals surface area contributed by atoms with Gasteiger partial charge in [-0.25, -0.2) is 0 Å². The summed E-state index contributed by atoms with van der Waals surface area (Å²) in [6.45, 7) is 1.08. The van der Waals surface area contributed by atoms with Gasteiger partial charge in [-0.2, -0.15) is 26.3 Å². The predicted octanol–water partition coefficient (Wildman–Crippen LogP) is 5.32. The molecule has 0 radical (unpaired) electrons. The van der Waals surface area contributed by atoms with E-state index in [9.17, 15) is 31.4 Å². The van der Waals surface area contributed by atoms with Crippen LogP contribution >= 0.6 is 0 Å². The van der Waals surface area contributed by atoms with Crippen LogP contribution in [0, 0.1) is 6.92 Å². The van der Waals surface area contributed by atoms with Crippen molar-refractivity contribution >= 4 is 0 Å². The highest BCUT2D eigenvalue weighted by atomic mass is 19.4. The Morgan fingerprint density at radius 3 is 2.17 bits per heavy atom. The fourth-order valence-corrected chi connectivity index (χ4v) is 2.06. The number of benzene rings is 2. The topological polar surface area (TPSA) is 29.5 Å². The minimum atomic E-state index is -4.74. The maximum atomic E-state index is 12.7. The maximum absolute atomic E-state index is 12.7. The molecule has 0 aliphatic rings. The summed E-state index contributed by atoms with van der Waals surface area (Å²) < 4.78 is 81.5. The van der Waals surface area contributed by atoms with Crippen molar-refractivity contribution in [3.05, 3.63) is 58.7 Å². The molecule has 2 rings (SSSR count). The number of ether oxygens (including phenoxy) is 1. The minimum absolute atomic E-state index is 0.0650. The molecule has 1 N–H and O–H groups in total. The molecule has 2 aromatic carbocycles. The van der Waals surface area contributed by atoms with Gasteiger partial charge < -0.3 is 9.84 Å². The summed E-state index contributed by atoms with van der Waals surface area (Å²) in [5, 5.41) is 9.23. The Kier molecular flexibility index (Phi) is 4.68. The van der Waals surface area contributed by atoms with Crippen molar-refractivity contribution in [2.45, 2.75) is 25.9 Å². The van der Waals surface area contributed by atoms with Crippen LogP contribution in [0.3, 0.4) is 0 Å². The molecule has 0 saturated heterocycles. The molecule has 0 amide bonds. The Morgan fingerprint density at radius 2 is 1.58 bits per heavy atom. The number of hydrogen-bond donors (Lipinski definition) is 1. The average Bonchev–Trinajstić information content (AvgIpc) is 2.43. The van der Waals surface area contributed by atoms with E-state index in [2.05, 4.69) is 0 Å². The maximum Gasteiger partial charge on any atom is 0.419 e. The number of phenols is 1. The van der Waals surface area contributed by atoms with Crippen molar-refractivity contribution in [1.29, 1.82) is 0 Å². The van der Waals surface area contributed by atoms with Crippen LogP contribution in [0.2, 0.25) is 0 Å². The molecular formula is C16H12F6O2.